The van der Waals surface area contributed by atoms with Crippen LogP contribution in [0.1, 0.15) is 5.56 Å². The summed E-state index contributed by atoms with van der Waals surface area (Å²) < 4.78 is 68.6. The van der Waals surface area contributed by atoms with Gasteiger partial charge in [0.1, 0.15) is 10.0 Å². The quantitative estimate of drug-likeness (QED) is 0.498. The summed E-state index contributed by atoms with van der Waals surface area (Å²) >= 11 is 13.0. The van der Waals surface area contributed by atoms with Crippen molar-refractivity contribution in [3.8, 4) is 0 Å². The Balaban J connectivity index is 2.03. The summed E-state index contributed by atoms with van der Waals surface area (Å²) in [5.41, 5.74) is -0.114. The second-order valence-corrected chi connectivity index (χ2v) is 11.2. The second-order valence-electron chi connectivity index (χ2n) is 5.87. The normalized spacial score (nSPS) is 12.0. The molecular formula is C17H13Cl2FN2O4S3. The van der Waals surface area contributed by atoms with Gasteiger partial charge in [0.15, 0.2) is 0 Å². The van der Waals surface area contributed by atoms with Gasteiger partial charge in [0, 0.05) is 0 Å². The van der Waals surface area contributed by atoms with E-state index in [-0.39, 0.29) is 36.1 Å². The van der Waals surface area contributed by atoms with Gasteiger partial charge >= 0.3 is 0 Å². The van der Waals surface area contributed by atoms with Gasteiger partial charge < -0.3 is 0 Å². The van der Waals surface area contributed by atoms with Crippen molar-refractivity contribution in [2.75, 3.05) is 9.44 Å². The van der Waals surface area contributed by atoms with Crippen LogP contribution in [0.2, 0.25) is 10.0 Å². The highest BCUT2D eigenvalue weighted by molar-refractivity contribution is 7.94. The number of halogens is 3. The molecule has 154 valence electrons. The maximum atomic E-state index is 13.5. The fourth-order valence-electron chi connectivity index (χ4n) is 2.32. The monoisotopic (exact) mass is 494 g/mol. The number of anilines is 2. The van der Waals surface area contributed by atoms with Crippen LogP contribution in [-0.2, 0) is 20.0 Å². The number of rotatable bonds is 6. The number of hydrogen-bond acceptors (Lipinski definition) is 5. The average Bonchev–Trinajstić information content (AvgIpc) is 3.17. The van der Waals surface area contributed by atoms with E-state index in [1.165, 1.54) is 25.1 Å². The molecule has 0 bridgehead atoms. The smallest absolute Gasteiger partial charge is 0.271 e. The molecule has 1 aromatic heterocycles. The van der Waals surface area contributed by atoms with E-state index < -0.39 is 25.9 Å². The van der Waals surface area contributed by atoms with Crippen molar-refractivity contribution in [1.82, 2.24) is 0 Å². The summed E-state index contributed by atoms with van der Waals surface area (Å²) in [5.74, 6) is -0.553. The van der Waals surface area contributed by atoms with Gasteiger partial charge in [0.2, 0.25) is 0 Å². The highest BCUT2D eigenvalue weighted by Crippen LogP contribution is 2.35. The molecule has 0 atom stereocenters. The molecule has 2 N–H and O–H groups in total. The molecule has 0 unspecified atom stereocenters. The number of nitrogens with one attached hydrogen (secondary N) is 2. The lowest BCUT2D eigenvalue weighted by molar-refractivity contribution is 0.597. The Morgan fingerprint density at radius 3 is 2.00 bits per heavy atom. The molecule has 0 aliphatic carbocycles. The van der Waals surface area contributed by atoms with Gasteiger partial charge in [-0.15, -0.1) is 11.3 Å². The molecule has 0 fully saturated rings. The number of hydrogen-bond donors (Lipinski definition) is 2. The van der Waals surface area contributed by atoms with Crippen molar-refractivity contribution in [3.05, 3.63) is 69.3 Å². The Labute approximate surface area is 181 Å². The maximum absolute atomic E-state index is 13.5. The predicted molar refractivity (Wildman–Crippen MR) is 114 cm³/mol. The van der Waals surface area contributed by atoms with Gasteiger partial charge in [0.05, 0.1) is 26.3 Å². The van der Waals surface area contributed by atoms with Gasteiger partial charge in [-0.05, 0) is 54.3 Å². The molecule has 3 aromatic rings. The third-order valence-electron chi connectivity index (χ3n) is 3.75. The Morgan fingerprint density at radius 1 is 0.897 bits per heavy atom. The molecule has 0 aliphatic rings. The molecular weight excluding hydrogens is 482 g/mol. The first-order chi connectivity index (χ1) is 13.5. The van der Waals surface area contributed by atoms with Crippen molar-refractivity contribution in [1.29, 1.82) is 0 Å². The second kappa shape index (κ2) is 8.11. The molecule has 12 heteroatoms. The van der Waals surface area contributed by atoms with Crippen molar-refractivity contribution in [3.63, 3.8) is 0 Å². The van der Waals surface area contributed by atoms with Gasteiger partial charge in [-0.3, -0.25) is 9.44 Å². The molecule has 0 saturated carbocycles. The zero-order valence-electron chi connectivity index (χ0n) is 14.6. The van der Waals surface area contributed by atoms with Crippen LogP contribution in [0.4, 0.5) is 15.8 Å². The maximum Gasteiger partial charge on any atom is 0.271 e. The summed E-state index contributed by atoms with van der Waals surface area (Å²) in [6, 6.07) is 8.62. The Hall–Kier alpha value is -1.85. The van der Waals surface area contributed by atoms with E-state index in [4.69, 9.17) is 23.2 Å². The van der Waals surface area contributed by atoms with Gasteiger partial charge in [0.25, 0.3) is 20.0 Å². The fraction of sp³-hybridized carbons (Fsp3) is 0.0588. The van der Waals surface area contributed by atoms with Crippen LogP contribution in [0.25, 0.3) is 0 Å². The lowest BCUT2D eigenvalue weighted by atomic mass is 10.2. The predicted octanol–water partition coefficient (Wildman–Crippen LogP) is 5.10. The zero-order chi connectivity index (χ0) is 21.4. The van der Waals surface area contributed by atoms with Crippen LogP contribution in [0.3, 0.4) is 0 Å². The SMILES string of the molecule is Cc1cc(S(=O)(=O)Nc2cc(Cl)c(Cl)cc2NS(=O)(=O)c2cccs2)ccc1F. The summed E-state index contributed by atoms with van der Waals surface area (Å²) in [6.45, 7) is 1.42. The Morgan fingerprint density at radius 2 is 1.48 bits per heavy atom. The van der Waals surface area contributed by atoms with Crippen molar-refractivity contribution in [2.24, 2.45) is 0 Å². The number of aryl methyl sites for hydroxylation is 1. The highest BCUT2D eigenvalue weighted by Gasteiger charge is 2.22. The molecule has 29 heavy (non-hydrogen) atoms. The fourth-order valence-corrected chi connectivity index (χ4v) is 5.86. The molecule has 0 saturated heterocycles. The minimum atomic E-state index is -4.16. The molecule has 2 aromatic carbocycles. The summed E-state index contributed by atoms with van der Waals surface area (Å²) in [5, 5.41) is 1.62. The van der Waals surface area contributed by atoms with E-state index >= 15 is 0 Å². The summed E-state index contributed by atoms with van der Waals surface area (Å²) in [4.78, 5) is -0.200. The van der Waals surface area contributed by atoms with E-state index in [9.17, 15) is 21.2 Å². The number of thiophene rings is 1. The topological polar surface area (TPSA) is 92.3 Å². The van der Waals surface area contributed by atoms with Gasteiger partial charge in [-0.25, -0.2) is 21.2 Å². The van der Waals surface area contributed by atoms with Crippen LogP contribution < -0.4 is 9.44 Å². The summed E-state index contributed by atoms with van der Waals surface area (Å²) in [6.07, 6.45) is 0. The lowest BCUT2D eigenvalue weighted by Crippen LogP contribution is -2.17. The minimum absolute atomic E-state index is 0.0127. The molecule has 1 heterocycles. The van der Waals surface area contributed by atoms with E-state index in [0.717, 1.165) is 29.5 Å². The molecule has 0 radical (unpaired) electrons. The number of benzene rings is 2. The first-order valence-electron chi connectivity index (χ1n) is 7.84. The standard InChI is InChI=1S/C17H13Cl2FN2O4S3/c1-10-7-11(4-5-14(10)20)28(23,24)21-15-8-12(18)13(19)9-16(15)22-29(25,26)17-3-2-6-27-17/h2-9,21-22H,1H3. The minimum Gasteiger partial charge on any atom is -0.277 e. The lowest BCUT2D eigenvalue weighted by Gasteiger charge is -2.15. The molecule has 0 amide bonds. The molecule has 3 rings (SSSR count). The Kier molecular flexibility index (Phi) is 6.11. The molecule has 0 spiro atoms. The molecule has 0 aliphatic heterocycles. The van der Waals surface area contributed by atoms with E-state index in [2.05, 4.69) is 9.44 Å². The van der Waals surface area contributed by atoms with E-state index in [1.54, 1.807) is 11.4 Å². The van der Waals surface area contributed by atoms with Crippen molar-refractivity contribution >= 4 is 66.0 Å². The van der Waals surface area contributed by atoms with Gasteiger partial charge in [-0.1, -0.05) is 29.3 Å². The van der Waals surface area contributed by atoms with Crippen molar-refractivity contribution < 1.29 is 21.2 Å². The van der Waals surface area contributed by atoms with Crippen LogP contribution in [0.5, 0.6) is 0 Å². The third-order valence-corrected chi connectivity index (χ3v) is 8.60. The molecule has 6 nitrogen and oxygen atoms in total. The van der Waals surface area contributed by atoms with Crippen molar-refractivity contribution in [2.45, 2.75) is 16.0 Å². The highest BCUT2D eigenvalue weighted by atomic mass is 35.5. The zero-order valence-corrected chi connectivity index (χ0v) is 18.6. The largest absolute Gasteiger partial charge is 0.277 e. The van der Waals surface area contributed by atoms with E-state index in [1.807, 2.05) is 0 Å². The number of sulfonamides is 2. The van der Waals surface area contributed by atoms with Crippen LogP contribution in [0, 0.1) is 12.7 Å². The van der Waals surface area contributed by atoms with Crippen LogP contribution >= 0.6 is 34.5 Å². The average molecular weight is 495 g/mol. The first-order valence-corrected chi connectivity index (χ1v) is 12.4. The van der Waals surface area contributed by atoms with Gasteiger partial charge in [-0.2, -0.15) is 0 Å². The first kappa shape index (κ1) is 21.8. The van der Waals surface area contributed by atoms with Crippen LogP contribution in [0.15, 0.2) is 56.9 Å². The summed E-state index contributed by atoms with van der Waals surface area (Å²) in [7, 11) is -8.14. The van der Waals surface area contributed by atoms with E-state index in [0.29, 0.717) is 0 Å². The Bertz CT molecular complexity index is 1280. The third kappa shape index (κ3) is 4.84. The van der Waals surface area contributed by atoms with Crippen LogP contribution in [-0.4, -0.2) is 16.8 Å².